The van der Waals surface area contributed by atoms with Crippen LogP contribution in [0.2, 0.25) is 0 Å². The van der Waals surface area contributed by atoms with Crippen molar-refractivity contribution >= 4 is 17.2 Å². The van der Waals surface area contributed by atoms with Gasteiger partial charge in [-0.1, -0.05) is 0 Å². The first-order chi connectivity index (χ1) is 12.1. The summed E-state index contributed by atoms with van der Waals surface area (Å²) in [5.74, 6) is 2.22. The molecule has 2 fully saturated rings. The highest BCUT2D eigenvalue weighted by molar-refractivity contribution is 7.13. The molecule has 132 valence electrons. The lowest BCUT2D eigenvalue weighted by Gasteiger charge is -2.16. The number of hydrogen-bond acceptors (Lipinski definition) is 4. The van der Waals surface area contributed by atoms with Crippen LogP contribution in [0.25, 0.3) is 10.6 Å². The van der Waals surface area contributed by atoms with E-state index in [0.29, 0.717) is 23.6 Å². The average molecular weight is 356 g/mol. The molecule has 5 heteroatoms. The minimum atomic E-state index is -0.0222. The Hall–Kier alpha value is -1.88. The van der Waals surface area contributed by atoms with E-state index in [1.165, 1.54) is 37.0 Å². The summed E-state index contributed by atoms with van der Waals surface area (Å²) in [6.07, 6.45) is 5.19. The second kappa shape index (κ2) is 6.79. The van der Waals surface area contributed by atoms with E-state index in [9.17, 15) is 4.79 Å². The molecule has 1 N–H and O–H groups in total. The second-order valence-electron chi connectivity index (χ2n) is 7.40. The van der Waals surface area contributed by atoms with Crippen LogP contribution in [0.15, 0.2) is 29.6 Å². The fourth-order valence-corrected chi connectivity index (χ4v) is 4.02. The highest BCUT2D eigenvalue weighted by atomic mass is 32.1. The number of benzene rings is 1. The lowest BCUT2D eigenvalue weighted by Crippen LogP contribution is -2.38. The van der Waals surface area contributed by atoms with E-state index >= 15 is 0 Å². The zero-order valence-electron chi connectivity index (χ0n) is 14.7. The second-order valence-corrected chi connectivity index (χ2v) is 8.26. The Kier molecular flexibility index (Phi) is 4.50. The molecule has 1 amide bonds. The summed E-state index contributed by atoms with van der Waals surface area (Å²) in [4.78, 5) is 17.1. The van der Waals surface area contributed by atoms with Crippen molar-refractivity contribution in [1.82, 2.24) is 10.3 Å². The maximum Gasteiger partial charge on any atom is 0.271 e. The molecule has 0 spiro atoms. The molecule has 0 saturated heterocycles. The quantitative estimate of drug-likeness (QED) is 0.794. The van der Waals surface area contributed by atoms with Crippen molar-refractivity contribution in [2.75, 3.05) is 0 Å². The van der Waals surface area contributed by atoms with Crippen LogP contribution in [0.1, 0.15) is 50.0 Å². The minimum Gasteiger partial charge on any atom is -0.491 e. The average Bonchev–Trinajstić information content (AvgIpc) is 3.51. The summed E-state index contributed by atoms with van der Waals surface area (Å²) in [5, 5.41) is 5.97. The number of carbonyl (C=O) groups excluding carboxylic acids is 1. The summed E-state index contributed by atoms with van der Waals surface area (Å²) in [6, 6.07) is 8.26. The Morgan fingerprint density at radius 1 is 1.16 bits per heavy atom. The first-order valence-electron chi connectivity index (χ1n) is 9.13. The van der Waals surface area contributed by atoms with E-state index in [-0.39, 0.29) is 12.0 Å². The van der Waals surface area contributed by atoms with Crippen molar-refractivity contribution < 1.29 is 9.53 Å². The highest BCUT2D eigenvalue weighted by Crippen LogP contribution is 2.44. The van der Waals surface area contributed by atoms with Gasteiger partial charge < -0.3 is 10.1 Å². The zero-order chi connectivity index (χ0) is 17.4. The molecular formula is C20H24N2O2S. The lowest BCUT2D eigenvalue weighted by molar-refractivity contribution is 0.0922. The number of thiazole rings is 1. The Balaban J connectivity index is 1.43. The van der Waals surface area contributed by atoms with Crippen molar-refractivity contribution in [3.8, 4) is 16.3 Å². The number of amides is 1. The molecule has 0 aliphatic heterocycles. The lowest BCUT2D eigenvalue weighted by atomic mass is 10.1. The van der Waals surface area contributed by atoms with Gasteiger partial charge >= 0.3 is 0 Å². The van der Waals surface area contributed by atoms with E-state index in [1.807, 2.05) is 43.5 Å². The van der Waals surface area contributed by atoms with Crippen LogP contribution in [-0.4, -0.2) is 23.0 Å². The third-order valence-corrected chi connectivity index (χ3v) is 5.66. The molecular weight excluding hydrogens is 332 g/mol. The first-order valence-corrected chi connectivity index (χ1v) is 10.0. The van der Waals surface area contributed by atoms with Crippen LogP contribution in [0.4, 0.5) is 0 Å². The minimum absolute atomic E-state index is 0.0222. The Bertz CT molecular complexity index is 733. The fourth-order valence-electron chi connectivity index (χ4n) is 3.22. The number of rotatable bonds is 7. The molecule has 4 nitrogen and oxygen atoms in total. The molecule has 1 aromatic carbocycles. The van der Waals surface area contributed by atoms with E-state index in [4.69, 9.17) is 4.74 Å². The molecule has 2 aromatic rings. The van der Waals surface area contributed by atoms with Gasteiger partial charge in [0.1, 0.15) is 16.5 Å². The summed E-state index contributed by atoms with van der Waals surface area (Å²) < 4.78 is 5.67. The van der Waals surface area contributed by atoms with Gasteiger partial charge in [-0.05, 0) is 75.6 Å². The smallest absolute Gasteiger partial charge is 0.271 e. The van der Waals surface area contributed by atoms with E-state index < -0.39 is 0 Å². The molecule has 1 heterocycles. The Morgan fingerprint density at radius 3 is 2.36 bits per heavy atom. The molecule has 2 aliphatic carbocycles. The van der Waals surface area contributed by atoms with Crippen molar-refractivity contribution in [1.29, 1.82) is 0 Å². The maximum absolute atomic E-state index is 12.6. The molecule has 2 saturated carbocycles. The summed E-state index contributed by atoms with van der Waals surface area (Å²) in [7, 11) is 0. The monoisotopic (exact) mass is 356 g/mol. The number of nitrogens with one attached hydrogen (secondary N) is 1. The summed E-state index contributed by atoms with van der Waals surface area (Å²) >= 11 is 1.51. The van der Waals surface area contributed by atoms with Crippen LogP contribution >= 0.6 is 11.3 Å². The van der Waals surface area contributed by atoms with Crippen LogP contribution in [-0.2, 0) is 0 Å². The molecule has 1 aromatic heterocycles. The van der Waals surface area contributed by atoms with Gasteiger partial charge in [-0.25, -0.2) is 4.98 Å². The number of ether oxygens (including phenoxy) is 1. The summed E-state index contributed by atoms with van der Waals surface area (Å²) in [6.45, 7) is 4.02. The van der Waals surface area contributed by atoms with Gasteiger partial charge in [0, 0.05) is 17.0 Å². The number of nitrogens with zero attached hydrogens (tertiary/aromatic N) is 1. The van der Waals surface area contributed by atoms with Gasteiger partial charge in [0.25, 0.3) is 5.91 Å². The maximum atomic E-state index is 12.6. The highest BCUT2D eigenvalue weighted by Gasteiger charge is 2.42. The molecule has 0 unspecified atom stereocenters. The van der Waals surface area contributed by atoms with Gasteiger partial charge in [0.15, 0.2) is 0 Å². The number of carbonyl (C=O) groups is 1. The zero-order valence-corrected chi connectivity index (χ0v) is 15.5. The molecule has 2 aliphatic rings. The number of hydrogen-bond donors (Lipinski definition) is 1. The predicted molar refractivity (Wildman–Crippen MR) is 100 cm³/mol. The largest absolute Gasteiger partial charge is 0.491 e. The van der Waals surface area contributed by atoms with Gasteiger partial charge in [0.2, 0.25) is 0 Å². The van der Waals surface area contributed by atoms with Crippen LogP contribution in [0, 0.1) is 11.8 Å². The Labute approximate surface area is 152 Å². The normalized spacial score (nSPS) is 17.1. The number of aromatic nitrogens is 1. The SMILES string of the molecule is CC(C)Oc1ccc(-c2nc(C(=O)NC(C3CC3)C3CC3)cs2)cc1. The van der Waals surface area contributed by atoms with Crippen LogP contribution in [0.5, 0.6) is 5.75 Å². The standard InChI is InChI=1S/C20H24N2O2S/c1-12(2)24-16-9-7-15(8-10-16)20-21-17(11-25-20)19(23)22-18(13-3-4-13)14-5-6-14/h7-14,18H,3-6H2,1-2H3,(H,22,23). The topological polar surface area (TPSA) is 51.2 Å². The van der Waals surface area contributed by atoms with Gasteiger partial charge in [-0.3, -0.25) is 4.79 Å². The van der Waals surface area contributed by atoms with Crippen molar-refractivity contribution in [3.05, 3.63) is 35.3 Å². The molecule has 25 heavy (non-hydrogen) atoms. The third kappa shape index (κ3) is 4.03. The third-order valence-electron chi connectivity index (χ3n) is 4.77. The summed E-state index contributed by atoms with van der Waals surface area (Å²) in [5.41, 5.74) is 1.55. The van der Waals surface area contributed by atoms with Crippen molar-refractivity contribution in [2.45, 2.75) is 51.7 Å². The van der Waals surface area contributed by atoms with Crippen molar-refractivity contribution in [2.24, 2.45) is 11.8 Å². The predicted octanol–water partition coefficient (Wildman–Crippen LogP) is 4.52. The van der Waals surface area contributed by atoms with Crippen LogP contribution < -0.4 is 10.1 Å². The van der Waals surface area contributed by atoms with E-state index in [0.717, 1.165) is 16.3 Å². The van der Waals surface area contributed by atoms with Gasteiger partial charge in [-0.2, -0.15) is 0 Å². The molecule has 0 atom stereocenters. The Morgan fingerprint density at radius 2 is 1.80 bits per heavy atom. The van der Waals surface area contributed by atoms with Crippen LogP contribution in [0.3, 0.4) is 0 Å². The van der Waals surface area contributed by atoms with E-state index in [1.54, 1.807) is 0 Å². The van der Waals surface area contributed by atoms with Crippen molar-refractivity contribution in [3.63, 3.8) is 0 Å². The van der Waals surface area contributed by atoms with E-state index in [2.05, 4.69) is 10.3 Å². The fraction of sp³-hybridized carbons (Fsp3) is 0.500. The first kappa shape index (κ1) is 16.6. The molecule has 4 rings (SSSR count). The molecule has 0 bridgehead atoms. The van der Waals surface area contributed by atoms with Gasteiger partial charge in [-0.15, -0.1) is 11.3 Å². The molecule has 0 radical (unpaired) electrons. The van der Waals surface area contributed by atoms with Gasteiger partial charge in [0.05, 0.1) is 6.10 Å².